The molecule has 17 heavy (non-hydrogen) atoms. The van der Waals surface area contributed by atoms with E-state index in [2.05, 4.69) is 25.9 Å². The van der Waals surface area contributed by atoms with Gasteiger partial charge in [-0.2, -0.15) is 0 Å². The van der Waals surface area contributed by atoms with Gasteiger partial charge in [-0.1, -0.05) is 17.8 Å². The standard InChI is InChI=1S/C12H11BrN2OS/c1-8(16)9-2-3-11(10(13)6-9)17-12-4-5-14-7-15-12/h2-8,16H,1H3/t8-/m0/s1. The molecule has 0 radical (unpaired) electrons. The van der Waals surface area contributed by atoms with Crippen molar-refractivity contribution in [1.82, 2.24) is 9.97 Å². The number of aliphatic hydroxyl groups excluding tert-OH is 1. The molecule has 5 heteroatoms. The van der Waals surface area contributed by atoms with E-state index >= 15 is 0 Å². The van der Waals surface area contributed by atoms with E-state index in [1.165, 1.54) is 6.33 Å². The van der Waals surface area contributed by atoms with Crippen LogP contribution in [0.5, 0.6) is 0 Å². The molecule has 0 saturated heterocycles. The molecular weight excluding hydrogens is 300 g/mol. The molecule has 1 aromatic heterocycles. The lowest BCUT2D eigenvalue weighted by atomic mass is 10.1. The van der Waals surface area contributed by atoms with E-state index in [1.54, 1.807) is 24.9 Å². The van der Waals surface area contributed by atoms with Crippen LogP contribution in [-0.4, -0.2) is 15.1 Å². The zero-order valence-electron chi connectivity index (χ0n) is 9.17. The molecule has 1 heterocycles. The molecule has 1 aromatic carbocycles. The van der Waals surface area contributed by atoms with Gasteiger partial charge >= 0.3 is 0 Å². The van der Waals surface area contributed by atoms with Crippen molar-refractivity contribution in [2.45, 2.75) is 22.9 Å². The molecule has 0 fully saturated rings. The maximum Gasteiger partial charge on any atom is 0.116 e. The van der Waals surface area contributed by atoms with Gasteiger partial charge in [0.15, 0.2) is 0 Å². The lowest BCUT2D eigenvalue weighted by Crippen LogP contribution is -1.91. The van der Waals surface area contributed by atoms with Crippen molar-refractivity contribution in [3.05, 3.63) is 46.8 Å². The molecule has 88 valence electrons. The summed E-state index contributed by atoms with van der Waals surface area (Å²) in [6.07, 6.45) is 2.79. The molecular formula is C12H11BrN2OS. The second-order valence-electron chi connectivity index (χ2n) is 3.52. The van der Waals surface area contributed by atoms with Gasteiger partial charge in [-0.15, -0.1) is 0 Å². The van der Waals surface area contributed by atoms with Gasteiger partial charge in [-0.25, -0.2) is 9.97 Å². The molecule has 0 saturated carbocycles. The number of halogens is 1. The van der Waals surface area contributed by atoms with Gasteiger partial charge in [-0.05, 0) is 46.6 Å². The van der Waals surface area contributed by atoms with E-state index in [0.717, 1.165) is 20.0 Å². The molecule has 3 nitrogen and oxygen atoms in total. The molecule has 1 atom stereocenters. The third-order valence-electron chi connectivity index (χ3n) is 2.21. The average molecular weight is 311 g/mol. The molecule has 0 aliphatic carbocycles. The Labute approximate surface area is 112 Å². The summed E-state index contributed by atoms with van der Waals surface area (Å²) < 4.78 is 0.958. The second-order valence-corrected chi connectivity index (χ2v) is 5.43. The maximum atomic E-state index is 9.48. The minimum atomic E-state index is -0.454. The topological polar surface area (TPSA) is 46.0 Å². The maximum absolute atomic E-state index is 9.48. The van der Waals surface area contributed by atoms with Crippen LogP contribution >= 0.6 is 27.7 Å². The van der Waals surface area contributed by atoms with E-state index in [4.69, 9.17) is 0 Å². The van der Waals surface area contributed by atoms with Crippen molar-refractivity contribution in [2.75, 3.05) is 0 Å². The van der Waals surface area contributed by atoms with Crippen LogP contribution in [0.2, 0.25) is 0 Å². The minimum absolute atomic E-state index is 0.454. The summed E-state index contributed by atoms with van der Waals surface area (Å²) in [4.78, 5) is 9.09. The van der Waals surface area contributed by atoms with E-state index in [1.807, 2.05) is 24.3 Å². The average Bonchev–Trinajstić information content (AvgIpc) is 2.33. The highest BCUT2D eigenvalue weighted by molar-refractivity contribution is 9.10. The van der Waals surface area contributed by atoms with Gasteiger partial charge in [0.1, 0.15) is 11.4 Å². The summed E-state index contributed by atoms with van der Waals surface area (Å²) in [5.41, 5.74) is 0.893. The zero-order chi connectivity index (χ0) is 12.3. The van der Waals surface area contributed by atoms with E-state index in [0.29, 0.717) is 0 Å². The Hall–Kier alpha value is -0.910. The van der Waals surface area contributed by atoms with E-state index in [9.17, 15) is 5.11 Å². The number of nitrogens with zero attached hydrogens (tertiary/aromatic N) is 2. The minimum Gasteiger partial charge on any atom is -0.389 e. The fraction of sp³-hybridized carbons (Fsp3) is 0.167. The highest BCUT2D eigenvalue weighted by atomic mass is 79.9. The van der Waals surface area contributed by atoms with Gasteiger partial charge in [0.25, 0.3) is 0 Å². The SMILES string of the molecule is C[C@H](O)c1ccc(Sc2ccncn2)c(Br)c1. The Balaban J connectivity index is 2.23. The second kappa shape index (κ2) is 5.62. The van der Waals surface area contributed by atoms with Crippen LogP contribution in [0.4, 0.5) is 0 Å². The smallest absolute Gasteiger partial charge is 0.116 e. The van der Waals surface area contributed by atoms with Gasteiger partial charge in [-0.3, -0.25) is 0 Å². The van der Waals surface area contributed by atoms with Gasteiger partial charge in [0.05, 0.1) is 6.10 Å². The van der Waals surface area contributed by atoms with Gasteiger partial charge < -0.3 is 5.11 Å². The highest BCUT2D eigenvalue weighted by Gasteiger charge is 2.07. The highest BCUT2D eigenvalue weighted by Crippen LogP contribution is 2.33. The van der Waals surface area contributed by atoms with Crippen LogP contribution in [0, 0.1) is 0 Å². The lowest BCUT2D eigenvalue weighted by molar-refractivity contribution is 0.199. The molecule has 1 N–H and O–H groups in total. The summed E-state index contributed by atoms with van der Waals surface area (Å²) >= 11 is 5.05. The Morgan fingerprint density at radius 3 is 2.76 bits per heavy atom. The van der Waals surface area contributed by atoms with Crippen molar-refractivity contribution in [2.24, 2.45) is 0 Å². The first-order valence-corrected chi connectivity index (χ1v) is 6.69. The van der Waals surface area contributed by atoms with Crippen molar-refractivity contribution in [1.29, 1.82) is 0 Å². The molecule has 2 rings (SSSR count). The number of benzene rings is 1. The van der Waals surface area contributed by atoms with Gasteiger partial charge in [0.2, 0.25) is 0 Å². The monoisotopic (exact) mass is 310 g/mol. The summed E-state index contributed by atoms with van der Waals surface area (Å²) in [5, 5.41) is 10.4. The Kier molecular flexibility index (Phi) is 4.15. The normalized spacial score (nSPS) is 12.4. The third-order valence-corrected chi connectivity index (χ3v) is 4.15. The number of hydrogen-bond acceptors (Lipinski definition) is 4. The van der Waals surface area contributed by atoms with Crippen molar-refractivity contribution >= 4 is 27.7 Å². The number of aromatic nitrogens is 2. The van der Waals surface area contributed by atoms with Crippen LogP contribution in [0.1, 0.15) is 18.6 Å². The van der Waals surface area contributed by atoms with Crippen molar-refractivity contribution < 1.29 is 5.11 Å². The fourth-order valence-electron chi connectivity index (χ4n) is 1.31. The van der Waals surface area contributed by atoms with Crippen LogP contribution in [0.3, 0.4) is 0 Å². The quantitative estimate of drug-likeness (QED) is 0.882. The molecule has 2 aromatic rings. The summed E-state index contributed by atoms with van der Waals surface area (Å²) in [7, 11) is 0. The molecule has 0 spiro atoms. The van der Waals surface area contributed by atoms with Crippen LogP contribution in [0.25, 0.3) is 0 Å². The summed E-state index contributed by atoms with van der Waals surface area (Å²) in [6.45, 7) is 1.75. The zero-order valence-corrected chi connectivity index (χ0v) is 11.6. The van der Waals surface area contributed by atoms with Gasteiger partial charge in [0, 0.05) is 15.6 Å². The first kappa shape index (κ1) is 12.5. The Morgan fingerprint density at radius 2 is 2.18 bits per heavy atom. The first-order valence-electron chi connectivity index (χ1n) is 5.08. The van der Waals surface area contributed by atoms with E-state index < -0.39 is 6.10 Å². The molecule has 0 amide bonds. The molecule has 0 aliphatic rings. The Morgan fingerprint density at radius 1 is 1.35 bits per heavy atom. The predicted molar refractivity (Wildman–Crippen MR) is 70.9 cm³/mol. The van der Waals surface area contributed by atoms with Crippen LogP contribution in [-0.2, 0) is 0 Å². The number of rotatable bonds is 3. The Bertz CT molecular complexity index is 505. The largest absolute Gasteiger partial charge is 0.389 e. The third kappa shape index (κ3) is 3.28. The molecule has 0 unspecified atom stereocenters. The molecule has 0 bridgehead atoms. The number of hydrogen-bond donors (Lipinski definition) is 1. The summed E-state index contributed by atoms with van der Waals surface area (Å²) in [5.74, 6) is 0. The predicted octanol–water partition coefficient (Wildman–Crippen LogP) is 3.44. The lowest BCUT2D eigenvalue weighted by Gasteiger charge is -2.08. The van der Waals surface area contributed by atoms with Crippen molar-refractivity contribution in [3.63, 3.8) is 0 Å². The number of aliphatic hydroxyl groups is 1. The van der Waals surface area contributed by atoms with Crippen LogP contribution in [0.15, 0.2) is 51.2 Å². The van der Waals surface area contributed by atoms with Crippen molar-refractivity contribution in [3.8, 4) is 0 Å². The first-order chi connectivity index (χ1) is 8.16. The fourth-order valence-corrected chi connectivity index (χ4v) is 2.70. The van der Waals surface area contributed by atoms with Crippen LogP contribution < -0.4 is 0 Å². The summed E-state index contributed by atoms with van der Waals surface area (Å²) in [6, 6.07) is 7.67. The van der Waals surface area contributed by atoms with E-state index in [-0.39, 0.29) is 0 Å². The molecule has 0 aliphatic heterocycles.